The van der Waals surface area contributed by atoms with Gasteiger partial charge in [0.2, 0.25) is 5.95 Å². The smallest absolute Gasteiger partial charge is 0.264 e. The van der Waals surface area contributed by atoms with Gasteiger partial charge in [-0.3, -0.25) is 8.61 Å². The van der Waals surface area contributed by atoms with Crippen LogP contribution >= 0.6 is 0 Å². The molecule has 2 aromatic heterocycles. The molecule has 0 unspecified atom stereocenters. The Morgan fingerprint density at radius 2 is 1.10 bits per heavy atom. The number of anilines is 2. The largest absolute Gasteiger partial charge is 0.489 e. The van der Waals surface area contributed by atoms with E-state index in [-0.39, 0.29) is 28.2 Å². The van der Waals surface area contributed by atoms with Crippen LogP contribution in [0.25, 0.3) is 0 Å². The van der Waals surface area contributed by atoms with Crippen molar-refractivity contribution in [3.63, 3.8) is 0 Å². The van der Waals surface area contributed by atoms with Crippen LogP contribution in [0.4, 0.5) is 15.8 Å². The lowest BCUT2D eigenvalue weighted by Gasteiger charge is -2.28. The zero-order valence-corrected chi connectivity index (χ0v) is 38.0. The lowest BCUT2D eigenvalue weighted by atomic mass is 10.1. The molecule has 11 nitrogen and oxygen atoms in total. The van der Waals surface area contributed by atoms with Gasteiger partial charge in [0.1, 0.15) is 24.7 Å². The quantitative estimate of drug-likeness (QED) is 0.0882. The van der Waals surface area contributed by atoms with Crippen molar-refractivity contribution in [2.75, 3.05) is 21.7 Å². The molecule has 0 saturated carbocycles. The van der Waals surface area contributed by atoms with Crippen molar-refractivity contribution in [1.29, 1.82) is 0 Å². The van der Waals surface area contributed by atoms with Crippen LogP contribution in [-0.4, -0.2) is 44.5 Å². The van der Waals surface area contributed by atoms with Crippen molar-refractivity contribution < 1.29 is 30.7 Å². The zero-order valence-electron chi connectivity index (χ0n) is 36.3. The lowest BCUT2D eigenvalue weighted by Crippen LogP contribution is -2.34. The molecule has 4 aromatic carbocycles. The molecule has 0 spiro atoms. The molecule has 0 fully saturated rings. The fraction of sp³-hybridized carbons (Fsp3) is 0.319. The van der Waals surface area contributed by atoms with Gasteiger partial charge in [0, 0.05) is 26.3 Å². The molecule has 0 atom stereocenters. The summed E-state index contributed by atoms with van der Waals surface area (Å²) in [4.78, 5) is 8.01. The molecule has 324 valence electrons. The number of pyridine rings is 1. The first-order valence-electron chi connectivity index (χ1n) is 20.1. The predicted octanol–water partition coefficient (Wildman–Crippen LogP) is 9.74. The molecule has 0 aliphatic carbocycles. The summed E-state index contributed by atoms with van der Waals surface area (Å²) in [6, 6.07) is 27.4. The first kappa shape index (κ1) is 46.3. The molecule has 0 radical (unpaired) electrons. The van der Waals surface area contributed by atoms with E-state index in [2.05, 4.69) is 9.97 Å². The van der Waals surface area contributed by atoms with E-state index in [1.165, 1.54) is 33.0 Å². The molecular formula is C47H56FN5O6S2. The van der Waals surface area contributed by atoms with E-state index in [0.717, 1.165) is 27.9 Å². The van der Waals surface area contributed by atoms with E-state index >= 15 is 0 Å². The fourth-order valence-electron chi connectivity index (χ4n) is 6.54. The van der Waals surface area contributed by atoms with Crippen molar-refractivity contribution in [1.82, 2.24) is 14.5 Å². The second-order valence-electron chi connectivity index (χ2n) is 15.9. The first-order chi connectivity index (χ1) is 28.8. The third-order valence-corrected chi connectivity index (χ3v) is 13.2. The minimum atomic E-state index is -3.75. The summed E-state index contributed by atoms with van der Waals surface area (Å²) in [6.07, 6.45) is 4.83. The van der Waals surface area contributed by atoms with Crippen LogP contribution in [0.2, 0.25) is 0 Å². The topological polar surface area (TPSA) is 124 Å². The third-order valence-electron chi connectivity index (χ3n) is 9.63. The van der Waals surface area contributed by atoms with E-state index < -0.39 is 26.0 Å². The number of hydrogen-bond acceptors (Lipinski definition) is 8. The number of halogens is 1. The number of rotatable bonds is 16. The van der Waals surface area contributed by atoms with Crippen molar-refractivity contribution >= 4 is 31.4 Å². The maximum Gasteiger partial charge on any atom is 0.264 e. The standard InChI is InChI=1S/C24H27FN2O3S.C23H29N3O3S/c1-17(2)15-27(23-10-5-18(3)13-19(23)4)31(28,29)22-8-6-21(7-9-22)30-16-20-11-12-26-24(25)14-20;1-17(2)14-26(23-11-6-18(3)12-19(23)4)30(27,28)22-9-7-21(8-10-22)29-15-20-13-24-16-25(20)5/h5-14,17H,15-16H2,1-4H3;6-13,16-17H,14-15H2,1-5H3. The van der Waals surface area contributed by atoms with Gasteiger partial charge in [-0.2, -0.15) is 4.39 Å². The summed E-state index contributed by atoms with van der Waals surface area (Å²) in [6.45, 7) is 17.2. The Morgan fingerprint density at radius 3 is 1.49 bits per heavy atom. The highest BCUT2D eigenvalue weighted by atomic mass is 32.2. The number of aromatic nitrogens is 3. The number of aryl methyl sites for hydroxylation is 5. The molecule has 0 aliphatic heterocycles. The minimum Gasteiger partial charge on any atom is -0.489 e. The Kier molecular flexibility index (Phi) is 15.4. The SMILES string of the molecule is Cc1ccc(N(CC(C)C)S(=O)(=O)c2ccc(OCc3ccnc(F)c3)cc2)c(C)c1.Cc1ccc(N(CC(C)C)S(=O)(=O)c2ccc(OCc3cncn3C)cc2)c(C)c1. The van der Waals surface area contributed by atoms with Crippen LogP contribution in [0.1, 0.15) is 61.2 Å². The van der Waals surface area contributed by atoms with E-state index in [0.29, 0.717) is 48.1 Å². The molecule has 0 N–H and O–H groups in total. The fourth-order valence-corrected chi connectivity index (χ4v) is 9.92. The van der Waals surface area contributed by atoms with Crippen molar-refractivity contribution in [2.45, 2.75) is 78.4 Å². The number of benzene rings is 4. The number of ether oxygens (including phenoxy) is 2. The van der Waals surface area contributed by atoms with Gasteiger partial charge in [-0.25, -0.2) is 26.8 Å². The van der Waals surface area contributed by atoms with Gasteiger partial charge in [0.15, 0.2) is 0 Å². The second kappa shape index (κ2) is 20.2. The van der Waals surface area contributed by atoms with E-state index in [4.69, 9.17) is 9.47 Å². The number of imidazole rings is 1. The highest BCUT2D eigenvalue weighted by Gasteiger charge is 2.28. The highest BCUT2D eigenvalue weighted by molar-refractivity contribution is 7.93. The summed E-state index contributed by atoms with van der Waals surface area (Å²) in [7, 11) is -5.56. The maximum absolute atomic E-state index is 13.5. The maximum atomic E-state index is 13.5. The molecular weight excluding hydrogens is 814 g/mol. The van der Waals surface area contributed by atoms with Crippen LogP contribution < -0.4 is 18.1 Å². The molecule has 61 heavy (non-hydrogen) atoms. The summed E-state index contributed by atoms with van der Waals surface area (Å²) < 4.78 is 83.4. The normalized spacial score (nSPS) is 11.6. The van der Waals surface area contributed by atoms with E-state index in [1.54, 1.807) is 55.0 Å². The van der Waals surface area contributed by atoms with Gasteiger partial charge in [0.25, 0.3) is 20.0 Å². The monoisotopic (exact) mass is 869 g/mol. The number of nitrogens with zero attached hydrogens (tertiary/aromatic N) is 5. The van der Waals surface area contributed by atoms with Gasteiger partial charge in [-0.1, -0.05) is 63.1 Å². The van der Waals surface area contributed by atoms with Gasteiger partial charge in [0.05, 0.1) is 39.4 Å². The van der Waals surface area contributed by atoms with Crippen LogP contribution in [0.15, 0.2) is 126 Å². The highest BCUT2D eigenvalue weighted by Crippen LogP contribution is 2.31. The average molecular weight is 870 g/mol. The summed E-state index contributed by atoms with van der Waals surface area (Å²) in [5, 5.41) is 0. The lowest BCUT2D eigenvalue weighted by molar-refractivity contribution is 0.297. The van der Waals surface area contributed by atoms with E-state index in [9.17, 15) is 21.2 Å². The average Bonchev–Trinajstić information content (AvgIpc) is 3.62. The Balaban J connectivity index is 0.000000231. The molecule has 14 heteroatoms. The molecule has 6 aromatic rings. The van der Waals surface area contributed by atoms with Gasteiger partial charge >= 0.3 is 0 Å². The van der Waals surface area contributed by atoms with Gasteiger partial charge < -0.3 is 14.0 Å². The Morgan fingerprint density at radius 1 is 0.639 bits per heavy atom. The van der Waals surface area contributed by atoms with Crippen LogP contribution in [0.3, 0.4) is 0 Å². The Bertz CT molecular complexity index is 2610. The summed E-state index contributed by atoms with van der Waals surface area (Å²) in [5.74, 6) is 0.871. The predicted molar refractivity (Wildman–Crippen MR) is 240 cm³/mol. The molecule has 0 saturated heterocycles. The molecule has 6 rings (SSSR count). The number of sulfonamides is 2. The van der Waals surface area contributed by atoms with Crippen molar-refractivity contribution in [3.8, 4) is 11.5 Å². The summed E-state index contributed by atoms with van der Waals surface area (Å²) in [5.41, 5.74) is 7.01. The van der Waals surface area contributed by atoms with Crippen LogP contribution in [0.5, 0.6) is 11.5 Å². The van der Waals surface area contributed by atoms with Gasteiger partial charge in [-0.05, 0) is 129 Å². The molecule has 0 aliphatic rings. The Hall–Kier alpha value is -5.73. The van der Waals surface area contributed by atoms with Crippen LogP contribution in [-0.2, 0) is 40.3 Å². The van der Waals surface area contributed by atoms with E-state index in [1.807, 2.05) is 103 Å². The minimum absolute atomic E-state index is 0.152. The van der Waals surface area contributed by atoms with Gasteiger partial charge in [-0.15, -0.1) is 0 Å². The number of hydrogen-bond donors (Lipinski definition) is 0. The Labute approximate surface area is 360 Å². The third kappa shape index (κ3) is 12.2. The van der Waals surface area contributed by atoms with Crippen molar-refractivity contribution in [3.05, 3.63) is 155 Å². The summed E-state index contributed by atoms with van der Waals surface area (Å²) >= 11 is 0. The zero-order chi connectivity index (χ0) is 44.5. The van der Waals surface area contributed by atoms with Crippen molar-refractivity contribution in [2.24, 2.45) is 18.9 Å². The molecule has 0 amide bonds. The second-order valence-corrected chi connectivity index (χ2v) is 19.7. The molecule has 2 heterocycles. The molecule has 0 bridgehead atoms. The first-order valence-corrected chi connectivity index (χ1v) is 22.9. The van der Waals surface area contributed by atoms with Crippen LogP contribution in [0, 0.1) is 45.5 Å².